The summed E-state index contributed by atoms with van der Waals surface area (Å²) in [5.74, 6) is 0.949. The topological polar surface area (TPSA) is 162 Å². The predicted molar refractivity (Wildman–Crippen MR) is 146 cm³/mol. The summed E-state index contributed by atoms with van der Waals surface area (Å²) in [5, 5.41) is 70.3. The second-order valence-electron chi connectivity index (χ2n) is 9.49. The van der Waals surface area contributed by atoms with Crippen LogP contribution in [0.15, 0.2) is 0 Å². The van der Waals surface area contributed by atoms with Crippen molar-refractivity contribution in [2.75, 3.05) is 6.61 Å². The quantitative estimate of drug-likeness (QED) is 0.207. The van der Waals surface area contributed by atoms with Crippen LogP contribution in [0.2, 0.25) is 0 Å². The second kappa shape index (κ2) is 31.7. The minimum atomic E-state index is -1.27. The summed E-state index contributed by atoms with van der Waals surface area (Å²) < 4.78 is 0. The molecule has 0 radical (unpaired) electrons. The van der Waals surface area contributed by atoms with Crippen molar-refractivity contribution in [3.05, 3.63) is 0 Å². The number of aliphatic hydroxyl groups is 8. The Kier molecular flexibility index (Phi) is 40.5. The highest BCUT2D eigenvalue weighted by Crippen LogP contribution is 2.07. The Balaban J connectivity index is -0.000000112. The molecule has 0 aliphatic rings. The number of hydrogen-bond acceptors (Lipinski definition) is 8. The zero-order chi connectivity index (χ0) is 29.1. The van der Waals surface area contributed by atoms with Gasteiger partial charge in [-0.25, -0.2) is 0 Å². The Morgan fingerprint density at radius 1 is 0.514 bits per heavy atom. The Bertz CT molecular complexity index is 351. The first-order chi connectivity index (χ1) is 16.0. The first-order valence-corrected chi connectivity index (χ1v) is 13.4. The third-order valence-electron chi connectivity index (χ3n) is 5.21. The minimum absolute atomic E-state index is 0.0648. The van der Waals surface area contributed by atoms with Crippen LogP contribution in [-0.4, -0.2) is 90.2 Å². The predicted octanol–water partition coefficient (Wildman–Crippen LogP) is 3.24. The molecule has 0 saturated heterocycles. The molecule has 8 nitrogen and oxygen atoms in total. The van der Waals surface area contributed by atoms with Crippen LogP contribution in [0.5, 0.6) is 0 Å². The molecule has 35 heavy (non-hydrogen) atoms. The zero-order valence-electron chi connectivity index (χ0n) is 24.7. The van der Waals surface area contributed by atoms with E-state index >= 15 is 0 Å². The normalized spacial score (nSPS) is 17.1. The van der Waals surface area contributed by atoms with E-state index in [9.17, 15) is 0 Å². The highest BCUT2D eigenvalue weighted by molar-refractivity contribution is 4.77. The van der Waals surface area contributed by atoms with Crippen LogP contribution in [0.1, 0.15) is 115 Å². The summed E-state index contributed by atoms with van der Waals surface area (Å²) in [7, 11) is 0. The number of aliphatic hydroxyl groups excluding tert-OH is 8. The molecule has 0 fully saturated rings. The highest BCUT2D eigenvalue weighted by atomic mass is 16.4. The maximum atomic E-state index is 9.10. The van der Waals surface area contributed by atoms with E-state index in [2.05, 4.69) is 27.7 Å². The molecule has 0 heterocycles. The van der Waals surface area contributed by atoms with Crippen LogP contribution in [0, 0.1) is 11.8 Å². The molecule has 0 aromatic heterocycles. The molecule has 0 aromatic rings. The van der Waals surface area contributed by atoms with Crippen molar-refractivity contribution in [3.8, 4) is 0 Å². The maximum Gasteiger partial charge on any atom is 0.108 e. The van der Waals surface area contributed by atoms with Crippen molar-refractivity contribution in [1.29, 1.82) is 0 Å². The summed E-state index contributed by atoms with van der Waals surface area (Å²) >= 11 is 0. The Morgan fingerprint density at radius 3 is 1.00 bits per heavy atom. The fourth-order valence-electron chi connectivity index (χ4n) is 1.79. The molecular weight excluding hydrogens is 452 g/mol. The third kappa shape index (κ3) is 41.1. The number of rotatable bonds is 11. The molecule has 0 aromatic carbocycles. The Hall–Kier alpha value is -0.320. The fraction of sp³-hybridized carbons (Fsp3) is 1.00. The van der Waals surface area contributed by atoms with Crippen molar-refractivity contribution in [1.82, 2.24) is 0 Å². The Morgan fingerprint density at radius 2 is 0.914 bits per heavy atom. The van der Waals surface area contributed by atoms with Gasteiger partial charge < -0.3 is 40.9 Å². The molecule has 8 atom stereocenters. The van der Waals surface area contributed by atoms with Gasteiger partial charge >= 0.3 is 0 Å². The van der Waals surface area contributed by atoms with E-state index in [0.717, 1.165) is 31.6 Å². The van der Waals surface area contributed by atoms with Gasteiger partial charge in [-0.15, -0.1) is 0 Å². The van der Waals surface area contributed by atoms with Gasteiger partial charge in [-0.1, -0.05) is 61.3 Å². The van der Waals surface area contributed by atoms with Gasteiger partial charge in [0.05, 0.1) is 30.5 Å². The highest BCUT2D eigenvalue weighted by Gasteiger charge is 2.26. The second-order valence-corrected chi connectivity index (χ2v) is 9.49. The molecule has 0 spiro atoms. The van der Waals surface area contributed by atoms with E-state index in [1.807, 2.05) is 20.8 Å². The fourth-order valence-corrected chi connectivity index (χ4v) is 1.79. The van der Waals surface area contributed by atoms with Gasteiger partial charge in [-0.3, -0.25) is 0 Å². The summed E-state index contributed by atoms with van der Waals surface area (Å²) in [6.07, 6.45) is 0.252. The lowest BCUT2D eigenvalue weighted by molar-refractivity contribution is -0.100. The van der Waals surface area contributed by atoms with Gasteiger partial charge in [0.15, 0.2) is 0 Å². The monoisotopic (exact) mass is 516 g/mol. The summed E-state index contributed by atoms with van der Waals surface area (Å²) in [6, 6.07) is 0. The molecule has 8 heteroatoms. The number of hydrogen-bond donors (Lipinski definition) is 8. The van der Waals surface area contributed by atoms with Crippen molar-refractivity contribution in [2.24, 2.45) is 11.8 Å². The van der Waals surface area contributed by atoms with E-state index in [-0.39, 0.29) is 30.8 Å². The zero-order valence-corrected chi connectivity index (χ0v) is 24.7. The van der Waals surface area contributed by atoms with Crippen LogP contribution in [0.25, 0.3) is 0 Å². The van der Waals surface area contributed by atoms with Crippen LogP contribution >= 0.6 is 0 Å². The summed E-state index contributed by atoms with van der Waals surface area (Å²) in [5.41, 5.74) is 0. The molecular formula is C27H64O8. The van der Waals surface area contributed by atoms with Gasteiger partial charge in [0.1, 0.15) is 12.2 Å². The molecule has 0 saturated carbocycles. The molecule has 220 valence electrons. The summed E-state index contributed by atoms with van der Waals surface area (Å²) in [4.78, 5) is 0. The molecule has 8 N–H and O–H groups in total. The van der Waals surface area contributed by atoms with Gasteiger partial charge in [-0.05, 0) is 59.3 Å². The van der Waals surface area contributed by atoms with E-state index in [0.29, 0.717) is 6.42 Å². The van der Waals surface area contributed by atoms with Crippen molar-refractivity contribution < 1.29 is 40.9 Å². The maximum absolute atomic E-state index is 9.10. The van der Waals surface area contributed by atoms with E-state index in [4.69, 9.17) is 40.9 Å². The third-order valence-corrected chi connectivity index (χ3v) is 5.21. The first-order valence-electron chi connectivity index (χ1n) is 13.4. The van der Waals surface area contributed by atoms with Gasteiger partial charge in [-0.2, -0.15) is 0 Å². The largest absolute Gasteiger partial charge is 0.396 e. The molecule has 0 aliphatic carbocycles. The van der Waals surface area contributed by atoms with E-state index in [1.165, 1.54) is 13.3 Å². The van der Waals surface area contributed by atoms with Crippen molar-refractivity contribution in [2.45, 2.75) is 157 Å². The lowest BCUT2D eigenvalue weighted by Crippen LogP contribution is -2.42. The van der Waals surface area contributed by atoms with Crippen LogP contribution < -0.4 is 0 Å². The molecule has 0 rings (SSSR count). The molecule has 0 amide bonds. The Labute approximate surface area is 217 Å². The van der Waals surface area contributed by atoms with Gasteiger partial charge in [0.25, 0.3) is 0 Å². The lowest BCUT2D eigenvalue weighted by atomic mass is 10.0. The molecule has 0 bridgehead atoms. The average molecular weight is 517 g/mol. The van der Waals surface area contributed by atoms with Gasteiger partial charge in [0, 0.05) is 12.5 Å². The smallest absolute Gasteiger partial charge is 0.108 e. The summed E-state index contributed by atoms with van der Waals surface area (Å²) in [6.45, 7) is 21.0. The SMILES string of the molecule is CCC(C)C.CCC(C)O.CCC(CO)C(C)O.CCC(O)C(O)C(O)C(C)O.CCCC(C)O. The average Bonchev–Trinajstić information content (AvgIpc) is 2.79. The van der Waals surface area contributed by atoms with E-state index in [1.54, 1.807) is 20.8 Å². The molecule has 8 unspecified atom stereocenters. The molecule has 0 aliphatic heterocycles. The van der Waals surface area contributed by atoms with Crippen LogP contribution in [-0.2, 0) is 0 Å². The van der Waals surface area contributed by atoms with Gasteiger partial charge in [0.2, 0.25) is 0 Å². The van der Waals surface area contributed by atoms with Crippen molar-refractivity contribution >= 4 is 0 Å². The first kappa shape index (κ1) is 44.7. The van der Waals surface area contributed by atoms with E-state index < -0.39 is 24.4 Å². The lowest BCUT2D eigenvalue weighted by Gasteiger charge is -2.23. The standard InChI is InChI=1S/C7H16O4.C6H14O2.C5H12O.C5H12.C4H10O/c1-3-5(9)7(11)6(10)4(2)8;1-3-6(4-7)5(2)8;1-3-4-5(2)6;1-4-5(2)3;1-3-4(2)5/h4-11H,3H2,1-2H3;5-8H,3-4H2,1-2H3;5-6H,3-4H2,1-2H3;5H,4H2,1-3H3;4-5H,3H2,1-2H3. The minimum Gasteiger partial charge on any atom is -0.396 e. The van der Waals surface area contributed by atoms with Crippen LogP contribution in [0.3, 0.4) is 0 Å². The van der Waals surface area contributed by atoms with Crippen LogP contribution in [0.4, 0.5) is 0 Å². The van der Waals surface area contributed by atoms with Crippen molar-refractivity contribution in [3.63, 3.8) is 0 Å².